The third kappa shape index (κ3) is 4.30. The topological polar surface area (TPSA) is 49.4 Å². The van der Waals surface area contributed by atoms with Crippen molar-refractivity contribution in [3.8, 4) is 12.3 Å². The van der Waals surface area contributed by atoms with Gasteiger partial charge in [-0.05, 0) is 36.7 Å². The Bertz CT molecular complexity index is 636. The second kappa shape index (κ2) is 7.95. The zero-order valence-electron chi connectivity index (χ0n) is 12.6. The molecule has 0 atom stereocenters. The van der Waals surface area contributed by atoms with Crippen LogP contribution in [0.4, 0.5) is 0 Å². The molecule has 0 aliphatic carbocycles. The first-order valence-electron chi connectivity index (χ1n) is 6.81. The van der Waals surface area contributed by atoms with Crippen molar-refractivity contribution in [3.63, 3.8) is 0 Å². The number of rotatable bonds is 7. The third-order valence-electron chi connectivity index (χ3n) is 3.17. The number of nitrogens with one attached hydrogen (secondary N) is 1. The van der Waals surface area contributed by atoms with Gasteiger partial charge in [0, 0.05) is 17.6 Å². The van der Waals surface area contributed by atoms with Gasteiger partial charge in [0.15, 0.2) is 0 Å². The predicted molar refractivity (Wildman–Crippen MR) is 89.5 cm³/mol. The maximum atomic E-state index is 12.7. The van der Waals surface area contributed by atoms with E-state index in [1.807, 2.05) is 13.0 Å². The Hall–Kier alpha value is -0.870. The number of halogens is 1. The Morgan fingerprint density at radius 1 is 1.38 bits per heavy atom. The van der Waals surface area contributed by atoms with E-state index in [0.717, 1.165) is 16.6 Å². The summed E-state index contributed by atoms with van der Waals surface area (Å²) in [6.45, 7) is 7.45. The van der Waals surface area contributed by atoms with Crippen LogP contribution in [-0.2, 0) is 16.6 Å². The van der Waals surface area contributed by atoms with E-state index >= 15 is 0 Å². The van der Waals surface area contributed by atoms with Crippen molar-refractivity contribution < 1.29 is 8.42 Å². The zero-order valence-corrected chi connectivity index (χ0v) is 15.0. The summed E-state index contributed by atoms with van der Waals surface area (Å²) in [5, 5.41) is 3.20. The van der Waals surface area contributed by atoms with E-state index in [2.05, 4.69) is 27.2 Å². The highest BCUT2D eigenvalue weighted by Crippen LogP contribution is 2.28. The quantitative estimate of drug-likeness (QED) is 0.748. The fraction of sp³-hybridized carbons (Fsp3) is 0.467. The molecule has 0 fully saturated rings. The molecular formula is C15H21BrN2O2S. The van der Waals surface area contributed by atoms with Crippen molar-refractivity contribution in [1.29, 1.82) is 0 Å². The molecule has 1 aromatic rings. The molecule has 0 unspecified atom stereocenters. The molecule has 1 aromatic carbocycles. The van der Waals surface area contributed by atoms with Gasteiger partial charge in [-0.2, -0.15) is 4.31 Å². The van der Waals surface area contributed by atoms with Crippen molar-refractivity contribution in [2.75, 3.05) is 19.6 Å². The normalized spacial score (nSPS) is 11.6. The zero-order chi connectivity index (χ0) is 16.0. The van der Waals surface area contributed by atoms with Crippen LogP contribution < -0.4 is 5.32 Å². The van der Waals surface area contributed by atoms with Crippen LogP contribution in [0.3, 0.4) is 0 Å². The van der Waals surface area contributed by atoms with Gasteiger partial charge in [0.25, 0.3) is 0 Å². The largest absolute Gasteiger partial charge is 0.313 e. The summed E-state index contributed by atoms with van der Waals surface area (Å²) in [5.74, 6) is 2.40. The Balaban J connectivity index is 3.33. The minimum absolute atomic E-state index is 0.0767. The summed E-state index contributed by atoms with van der Waals surface area (Å²) >= 11 is 3.44. The summed E-state index contributed by atoms with van der Waals surface area (Å²) in [4.78, 5) is 0.307. The van der Waals surface area contributed by atoms with E-state index in [0.29, 0.717) is 23.5 Å². The van der Waals surface area contributed by atoms with Gasteiger partial charge in [0.05, 0.1) is 11.4 Å². The van der Waals surface area contributed by atoms with Crippen molar-refractivity contribution in [1.82, 2.24) is 9.62 Å². The fourth-order valence-corrected chi connectivity index (χ4v) is 4.25. The molecule has 0 saturated carbocycles. The molecule has 0 heterocycles. The summed E-state index contributed by atoms with van der Waals surface area (Å²) in [5.41, 5.74) is 1.62. The third-order valence-corrected chi connectivity index (χ3v) is 6.04. The first-order valence-corrected chi connectivity index (χ1v) is 9.05. The Morgan fingerprint density at radius 3 is 2.57 bits per heavy atom. The SMILES string of the molecule is C#CCN(CC)S(=O)(=O)c1cc(CNCC)cc(Br)c1C. The highest BCUT2D eigenvalue weighted by atomic mass is 79.9. The number of benzene rings is 1. The average molecular weight is 373 g/mol. The number of hydrogen-bond acceptors (Lipinski definition) is 3. The van der Waals surface area contributed by atoms with Gasteiger partial charge in [-0.15, -0.1) is 6.42 Å². The van der Waals surface area contributed by atoms with Gasteiger partial charge < -0.3 is 5.32 Å². The Morgan fingerprint density at radius 2 is 2.05 bits per heavy atom. The Labute approximate surface area is 136 Å². The van der Waals surface area contributed by atoms with Gasteiger partial charge in [-0.25, -0.2) is 8.42 Å². The summed E-state index contributed by atoms with van der Waals surface area (Å²) < 4.78 is 27.6. The minimum atomic E-state index is -3.58. The maximum Gasteiger partial charge on any atom is 0.244 e. The predicted octanol–water partition coefficient (Wildman–Crippen LogP) is 2.51. The maximum absolute atomic E-state index is 12.7. The molecule has 4 nitrogen and oxygen atoms in total. The minimum Gasteiger partial charge on any atom is -0.313 e. The molecule has 0 aliphatic heterocycles. The van der Waals surface area contributed by atoms with Crippen LogP contribution in [-0.4, -0.2) is 32.4 Å². The molecule has 1 rings (SSSR count). The van der Waals surface area contributed by atoms with Crippen molar-refractivity contribution >= 4 is 26.0 Å². The smallest absolute Gasteiger partial charge is 0.244 e. The van der Waals surface area contributed by atoms with Crippen molar-refractivity contribution in [2.24, 2.45) is 0 Å². The highest BCUT2D eigenvalue weighted by molar-refractivity contribution is 9.10. The number of hydrogen-bond donors (Lipinski definition) is 1. The van der Waals surface area contributed by atoms with Gasteiger partial charge in [0.1, 0.15) is 0 Å². The first-order chi connectivity index (χ1) is 9.88. The molecule has 0 radical (unpaired) electrons. The summed E-state index contributed by atoms with van der Waals surface area (Å²) in [7, 11) is -3.58. The number of terminal acetylenes is 1. The molecule has 0 bridgehead atoms. The average Bonchev–Trinajstić information content (AvgIpc) is 2.45. The van der Waals surface area contributed by atoms with Crippen molar-refractivity contribution in [2.45, 2.75) is 32.2 Å². The second-order valence-corrected chi connectivity index (χ2v) is 7.38. The van der Waals surface area contributed by atoms with Gasteiger partial charge in [-0.1, -0.05) is 35.7 Å². The van der Waals surface area contributed by atoms with Crippen LogP contribution in [0.1, 0.15) is 25.0 Å². The summed E-state index contributed by atoms with van der Waals surface area (Å²) in [6.07, 6.45) is 5.27. The van der Waals surface area contributed by atoms with E-state index in [9.17, 15) is 8.42 Å². The van der Waals surface area contributed by atoms with Crippen LogP contribution in [0.5, 0.6) is 0 Å². The van der Waals surface area contributed by atoms with Crippen LogP contribution in [0.15, 0.2) is 21.5 Å². The lowest BCUT2D eigenvalue weighted by molar-refractivity contribution is 0.463. The molecule has 0 aromatic heterocycles. The number of nitrogens with zero attached hydrogens (tertiary/aromatic N) is 1. The monoisotopic (exact) mass is 372 g/mol. The molecule has 116 valence electrons. The van der Waals surface area contributed by atoms with Crippen LogP contribution in [0, 0.1) is 19.3 Å². The number of sulfonamides is 1. The van der Waals surface area contributed by atoms with Crippen LogP contribution in [0.25, 0.3) is 0 Å². The van der Waals surface area contributed by atoms with E-state index in [1.165, 1.54) is 4.31 Å². The summed E-state index contributed by atoms with van der Waals surface area (Å²) in [6, 6.07) is 3.66. The lowest BCUT2D eigenvalue weighted by atomic mass is 10.1. The van der Waals surface area contributed by atoms with E-state index in [4.69, 9.17) is 6.42 Å². The van der Waals surface area contributed by atoms with Crippen LogP contribution in [0.2, 0.25) is 0 Å². The van der Waals surface area contributed by atoms with Gasteiger partial charge >= 0.3 is 0 Å². The van der Waals surface area contributed by atoms with Crippen LogP contribution >= 0.6 is 15.9 Å². The van der Waals surface area contributed by atoms with E-state index in [-0.39, 0.29) is 6.54 Å². The lowest BCUT2D eigenvalue weighted by Gasteiger charge is -2.20. The molecule has 21 heavy (non-hydrogen) atoms. The van der Waals surface area contributed by atoms with Gasteiger partial charge in [0.2, 0.25) is 10.0 Å². The lowest BCUT2D eigenvalue weighted by Crippen LogP contribution is -2.32. The molecule has 6 heteroatoms. The standard InChI is InChI=1S/C15H21BrN2O2S/c1-5-8-18(7-3)21(19,20)15-10-13(11-17-6-2)9-14(16)12(15)4/h1,9-10,17H,6-8,11H2,2-4H3. The Kier molecular flexibility index (Phi) is 6.88. The molecule has 0 saturated heterocycles. The molecule has 1 N–H and O–H groups in total. The molecule has 0 amide bonds. The van der Waals surface area contributed by atoms with Gasteiger partial charge in [-0.3, -0.25) is 0 Å². The van der Waals surface area contributed by atoms with E-state index in [1.54, 1.807) is 19.9 Å². The fourth-order valence-electron chi connectivity index (χ4n) is 1.95. The molecular weight excluding hydrogens is 352 g/mol. The van der Waals surface area contributed by atoms with E-state index < -0.39 is 10.0 Å². The molecule has 0 aliphatic rings. The molecule has 0 spiro atoms. The first kappa shape index (κ1) is 18.2. The second-order valence-electron chi connectivity index (χ2n) is 4.62. The highest BCUT2D eigenvalue weighted by Gasteiger charge is 2.25. The van der Waals surface area contributed by atoms with Crippen molar-refractivity contribution in [3.05, 3.63) is 27.7 Å².